The molecule has 0 spiro atoms. The van der Waals surface area contributed by atoms with Gasteiger partial charge in [0.15, 0.2) is 11.5 Å². The molecule has 0 bridgehead atoms. The number of nitrogens with one attached hydrogen (secondary N) is 1. The van der Waals surface area contributed by atoms with E-state index in [-0.39, 0.29) is 5.75 Å². The number of allylic oxidation sites excluding steroid dienone is 2. The molecule has 2 aliphatic rings. The van der Waals surface area contributed by atoms with E-state index >= 15 is 0 Å². The zero-order chi connectivity index (χ0) is 18.1. The molecule has 0 amide bonds. The van der Waals surface area contributed by atoms with Crippen molar-refractivity contribution in [3.05, 3.63) is 63.9 Å². The van der Waals surface area contributed by atoms with Crippen molar-refractivity contribution in [2.75, 3.05) is 20.8 Å². The number of phenolic OH excluding ortho intramolecular Hbond substituents is 1. The van der Waals surface area contributed by atoms with E-state index < -0.39 is 0 Å². The number of rotatable bonds is 5. The second-order valence-corrected chi connectivity index (χ2v) is 6.48. The lowest BCUT2D eigenvalue weighted by Crippen LogP contribution is -2.26. The number of methoxy groups -OCH3 is 2. The van der Waals surface area contributed by atoms with Crippen LogP contribution in [0.4, 0.5) is 0 Å². The van der Waals surface area contributed by atoms with E-state index in [1.54, 1.807) is 20.3 Å². The number of benzene rings is 2. The molecular weight excluding hydrogens is 328 g/mol. The van der Waals surface area contributed by atoms with Gasteiger partial charge in [-0.05, 0) is 54.7 Å². The van der Waals surface area contributed by atoms with E-state index in [0.717, 1.165) is 48.2 Å². The molecule has 2 aromatic rings. The van der Waals surface area contributed by atoms with Gasteiger partial charge >= 0.3 is 0 Å². The minimum absolute atomic E-state index is 0.167. The highest BCUT2D eigenvalue weighted by atomic mass is 16.5. The van der Waals surface area contributed by atoms with Gasteiger partial charge in [-0.25, -0.2) is 4.99 Å². The first kappa shape index (κ1) is 16.5. The molecule has 0 saturated heterocycles. The van der Waals surface area contributed by atoms with Crippen molar-refractivity contribution in [2.45, 2.75) is 19.3 Å². The summed E-state index contributed by atoms with van der Waals surface area (Å²) in [5.41, 5.74) is 4.69. The molecule has 2 aliphatic heterocycles. The standard InChI is InChI=1S/C21H22N2O3/c1-25-14-5-6-15-16-9-10-22-17(21(16)23-18(15)12-14)7-3-13-4-8-19(24)20(11-13)26-2/h4-6,8,11-12,22,24H,3,7,9-10H2,1-2H3. The zero-order valence-electron chi connectivity index (χ0n) is 15.0. The number of nitrogens with zero attached hydrogens (tertiary/aromatic N) is 1. The molecule has 0 radical (unpaired) electrons. The Morgan fingerprint density at radius 2 is 1.96 bits per heavy atom. The highest BCUT2D eigenvalue weighted by Gasteiger charge is 2.21. The predicted molar refractivity (Wildman–Crippen MR) is 99.8 cm³/mol. The summed E-state index contributed by atoms with van der Waals surface area (Å²) in [6, 6.07) is 11.6. The molecule has 0 aromatic heterocycles. The molecular formula is C21H22N2O3. The third kappa shape index (κ3) is 2.90. The number of hydrogen-bond donors (Lipinski definition) is 2. The summed E-state index contributed by atoms with van der Waals surface area (Å²) in [4.78, 5) is 4.86. The quantitative estimate of drug-likeness (QED) is 0.866. The van der Waals surface area contributed by atoms with E-state index in [4.69, 9.17) is 14.5 Å². The maximum absolute atomic E-state index is 9.74. The van der Waals surface area contributed by atoms with E-state index in [2.05, 4.69) is 11.4 Å². The van der Waals surface area contributed by atoms with Gasteiger partial charge in [0.1, 0.15) is 5.75 Å². The SMILES string of the molecule is COc1ccc2c(c1)=NC1=C(CCc3ccc(O)c(OC)c3)NCCC=21. The Morgan fingerprint density at radius 1 is 1.08 bits per heavy atom. The summed E-state index contributed by atoms with van der Waals surface area (Å²) in [6.45, 7) is 0.925. The van der Waals surface area contributed by atoms with E-state index in [1.807, 2.05) is 24.3 Å². The second kappa shape index (κ2) is 6.75. The first-order valence-corrected chi connectivity index (χ1v) is 8.79. The summed E-state index contributed by atoms with van der Waals surface area (Å²) in [6.07, 6.45) is 2.70. The molecule has 134 valence electrons. The average molecular weight is 350 g/mol. The Balaban J connectivity index is 1.64. The largest absolute Gasteiger partial charge is 0.504 e. The Bertz CT molecular complexity index is 1010. The molecule has 5 nitrogen and oxygen atoms in total. The van der Waals surface area contributed by atoms with Crippen molar-refractivity contribution in [1.82, 2.24) is 5.32 Å². The molecule has 0 atom stereocenters. The van der Waals surface area contributed by atoms with Gasteiger partial charge < -0.3 is 19.9 Å². The van der Waals surface area contributed by atoms with Crippen LogP contribution in [0.2, 0.25) is 0 Å². The maximum atomic E-state index is 9.74. The molecule has 0 unspecified atom stereocenters. The Morgan fingerprint density at radius 3 is 2.77 bits per heavy atom. The Kier molecular flexibility index (Phi) is 4.29. The topological polar surface area (TPSA) is 63.1 Å². The fraction of sp³-hybridized carbons (Fsp3) is 0.286. The van der Waals surface area contributed by atoms with Gasteiger partial charge in [-0.1, -0.05) is 6.07 Å². The van der Waals surface area contributed by atoms with Crippen LogP contribution in [0.3, 0.4) is 0 Å². The van der Waals surface area contributed by atoms with Crippen molar-refractivity contribution in [3.63, 3.8) is 0 Å². The van der Waals surface area contributed by atoms with Crippen LogP contribution < -0.4 is 25.4 Å². The molecule has 2 aromatic carbocycles. The van der Waals surface area contributed by atoms with Crippen LogP contribution in [0, 0.1) is 0 Å². The third-order valence-corrected chi connectivity index (χ3v) is 4.96. The molecule has 0 fully saturated rings. The fourth-order valence-electron chi connectivity index (χ4n) is 3.58. The maximum Gasteiger partial charge on any atom is 0.160 e. The molecule has 0 aliphatic carbocycles. The second-order valence-electron chi connectivity index (χ2n) is 6.48. The lowest BCUT2D eigenvalue weighted by atomic mass is 9.99. The zero-order valence-corrected chi connectivity index (χ0v) is 15.0. The van der Waals surface area contributed by atoms with Gasteiger partial charge in [-0.2, -0.15) is 0 Å². The lowest BCUT2D eigenvalue weighted by Gasteiger charge is -2.20. The molecule has 4 rings (SSSR count). The number of fused-ring (bicyclic) bond motifs is 2. The monoisotopic (exact) mass is 350 g/mol. The van der Waals surface area contributed by atoms with E-state index in [1.165, 1.54) is 16.5 Å². The summed E-state index contributed by atoms with van der Waals surface area (Å²) in [7, 11) is 3.24. The van der Waals surface area contributed by atoms with Crippen molar-refractivity contribution >= 4 is 5.57 Å². The van der Waals surface area contributed by atoms with Gasteiger partial charge in [0.2, 0.25) is 0 Å². The fourth-order valence-corrected chi connectivity index (χ4v) is 3.58. The predicted octanol–water partition coefficient (Wildman–Crippen LogP) is 2.03. The molecule has 2 heterocycles. The summed E-state index contributed by atoms with van der Waals surface area (Å²) < 4.78 is 10.5. The summed E-state index contributed by atoms with van der Waals surface area (Å²) in [5, 5.41) is 15.5. The van der Waals surface area contributed by atoms with Crippen LogP contribution in [0.5, 0.6) is 17.2 Å². The van der Waals surface area contributed by atoms with Gasteiger partial charge in [0.25, 0.3) is 0 Å². The number of aromatic hydroxyl groups is 1. The van der Waals surface area contributed by atoms with Gasteiger partial charge in [-0.15, -0.1) is 0 Å². The van der Waals surface area contributed by atoms with Gasteiger partial charge in [0, 0.05) is 23.5 Å². The minimum atomic E-state index is 0.167. The van der Waals surface area contributed by atoms with Crippen LogP contribution in [-0.2, 0) is 6.42 Å². The highest BCUT2D eigenvalue weighted by molar-refractivity contribution is 5.68. The number of aryl methyl sites for hydroxylation is 1. The normalized spacial score (nSPS) is 15.1. The van der Waals surface area contributed by atoms with E-state index in [9.17, 15) is 5.11 Å². The van der Waals surface area contributed by atoms with Gasteiger partial charge in [0.05, 0.1) is 25.3 Å². The molecule has 26 heavy (non-hydrogen) atoms. The van der Waals surface area contributed by atoms with Crippen LogP contribution in [0.25, 0.3) is 5.57 Å². The van der Waals surface area contributed by atoms with Crippen LogP contribution >= 0.6 is 0 Å². The summed E-state index contributed by atoms with van der Waals surface area (Å²) in [5.74, 6) is 1.51. The number of ether oxygens (including phenoxy) is 2. The lowest BCUT2D eigenvalue weighted by molar-refractivity contribution is 0.373. The molecule has 0 saturated carbocycles. The Labute approximate surface area is 152 Å². The van der Waals surface area contributed by atoms with Crippen molar-refractivity contribution in [1.29, 1.82) is 0 Å². The first-order valence-electron chi connectivity index (χ1n) is 8.79. The molecule has 2 N–H and O–H groups in total. The number of hydrogen-bond acceptors (Lipinski definition) is 5. The van der Waals surface area contributed by atoms with Crippen molar-refractivity contribution in [2.24, 2.45) is 4.99 Å². The summed E-state index contributed by atoms with van der Waals surface area (Å²) >= 11 is 0. The molecule has 5 heteroatoms. The highest BCUT2D eigenvalue weighted by Crippen LogP contribution is 2.29. The average Bonchev–Trinajstić information content (AvgIpc) is 3.05. The number of phenols is 1. The first-order chi connectivity index (χ1) is 12.7. The van der Waals surface area contributed by atoms with Crippen molar-refractivity contribution < 1.29 is 14.6 Å². The third-order valence-electron chi connectivity index (χ3n) is 4.96. The van der Waals surface area contributed by atoms with Crippen molar-refractivity contribution in [3.8, 4) is 17.2 Å². The minimum Gasteiger partial charge on any atom is -0.504 e. The van der Waals surface area contributed by atoms with Gasteiger partial charge in [-0.3, -0.25) is 0 Å². The van der Waals surface area contributed by atoms with Crippen LogP contribution in [0.1, 0.15) is 18.4 Å². The Hall–Kier alpha value is -2.95. The smallest absolute Gasteiger partial charge is 0.160 e. The van der Waals surface area contributed by atoms with Crippen LogP contribution in [0.15, 0.2) is 52.8 Å². The van der Waals surface area contributed by atoms with Crippen LogP contribution in [-0.4, -0.2) is 25.9 Å². The van der Waals surface area contributed by atoms with E-state index in [0.29, 0.717) is 5.75 Å².